The lowest BCUT2D eigenvalue weighted by molar-refractivity contribution is -0.144. The van der Waals surface area contributed by atoms with E-state index in [0.717, 1.165) is 28.0 Å². The first kappa shape index (κ1) is 23.8. The summed E-state index contributed by atoms with van der Waals surface area (Å²) in [6, 6.07) is 12.1. The minimum absolute atomic E-state index is 0.166. The number of carbonyl (C=O) groups is 3. The molecular weight excluding hydrogens is 515 g/mol. The van der Waals surface area contributed by atoms with Crippen molar-refractivity contribution >= 4 is 58.2 Å². The first-order chi connectivity index (χ1) is 16.8. The van der Waals surface area contributed by atoms with Crippen molar-refractivity contribution in [1.82, 2.24) is 4.57 Å². The van der Waals surface area contributed by atoms with Crippen LogP contribution in [0.15, 0.2) is 58.4 Å². The highest BCUT2D eigenvalue weighted by molar-refractivity contribution is 8.00. The van der Waals surface area contributed by atoms with E-state index >= 15 is 0 Å². The van der Waals surface area contributed by atoms with Crippen molar-refractivity contribution in [3.63, 3.8) is 0 Å². The zero-order valence-corrected chi connectivity index (χ0v) is 20.7. The third kappa shape index (κ3) is 4.09. The van der Waals surface area contributed by atoms with Crippen molar-refractivity contribution in [3.8, 4) is 0 Å². The number of carbonyl (C=O) groups excluding carboxylic acids is 3. The van der Waals surface area contributed by atoms with Crippen molar-refractivity contribution < 1.29 is 23.5 Å². The number of anilines is 1. The number of fused-ring (bicyclic) bond motifs is 2. The van der Waals surface area contributed by atoms with Gasteiger partial charge in [-0.15, -0.1) is 0 Å². The van der Waals surface area contributed by atoms with Gasteiger partial charge in [-0.3, -0.25) is 23.7 Å². The molecule has 2 aliphatic rings. The number of imide groups is 1. The number of esters is 1. The Hall–Kier alpha value is -2.95. The fraction of sp³-hybridized carbons (Fsp3) is 0.250. The zero-order chi connectivity index (χ0) is 24.9. The number of rotatable bonds is 5. The van der Waals surface area contributed by atoms with Gasteiger partial charge in [0.25, 0.3) is 0 Å². The Morgan fingerprint density at radius 2 is 1.74 bits per heavy atom. The van der Waals surface area contributed by atoms with Gasteiger partial charge in [0.1, 0.15) is 17.6 Å². The minimum atomic E-state index is -0.830. The molecule has 1 fully saturated rings. The fourth-order valence-corrected chi connectivity index (χ4v) is 7.36. The average molecular weight is 533 g/mol. The van der Waals surface area contributed by atoms with Gasteiger partial charge in [0, 0.05) is 15.8 Å². The number of aromatic nitrogens is 1. The molecule has 0 saturated carbocycles. The van der Waals surface area contributed by atoms with E-state index in [9.17, 15) is 23.6 Å². The quantitative estimate of drug-likeness (QED) is 0.364. The first-order valence-electron chi connectivity index (χ1n) is 10.7. The average Bonchev–Trinajstić information content (AvgIpc) is 3.27. The van der Waals surface area contributed by atoms with Crippen molar-refractivity contribution in [2.75, 3.05) is 11.5 Å². The third-order valence-electron chi connectivity index (χ3n) is 5.96. The van der Waals surface area contributed by atoms with Crippen LogP contribution in [0.2, 0.25) is 5.02 Å². The van der Waals surface area contributed by atoms with Crippen LogP contribution in [0, 0.1) is 11.7 Å². The lowest BCUT2D eigenvalue weighted by Gasteiger charge is -2.30. The molecule has 0 N–H and O–H groups in total. The molecule has 2 amide bonds. The molecular formula is C24H18ClFN2O5S2. The molecule has 0 spiro atoms. The van der Waals surface area contributed by atoms with Crippen molar-refractivity contribution in [2.24, 2.45) is 5.92 Å². The Labute approximate surface area is 212 Å². The summed E-state index contributed by atoms with van der Waals surface area (Å²) in [5, 5.41) is 0.0832. The SMILES string of the molecule is CCOC(=O)Cn1c2c(sc1=O)[C@H](c1ccc(F)cc1)C1C(=O)N(c3ccc(Cl)cc3)C(=O)C1S2. The second-order valence-electron chi connectivity index (χ2n) is 8.01. The molecule has 1 aromatic heterocycles. The Bertz CT molecular complexity index is 1390. The van der Waals surface area contributed by atoms with Gasteiger partial charge in [0.15, 0.2) is 0 Å². The molecule has 2 unspecified atom stereocenters. The summed E-state index contributed by atoms with van der Waals surface area (Å²) in [5.74, 6) is -3.32. The van der Waals surface area contributed by atoms with Crippen LogP contribution in [0.1, 0.15) is 23.3 Å². The number of halogens is 2. The predicted octanol–water partition coefficient (Wildman–Crippen LogP) is 4.06. The lowest BCUT2D eigenvalue weighted by Crippen LogP contribution is -2.32. The van der Waals surface area contributed by atoms with Crippen LogP contribution in [-0.2, 0) is 25.7 Å². The molecule has 0 radical (unpaired) electrons. The van der Waals surface area contributed by atoms with E-state index in [0.29, 0.717) is 26.2 Å². The summed E-state index contributed by atoms with van der Waals surface area (Å²) in [7, 11) is 0. The largest absolute Gasteiger partial charge is 0.465 e. The second-order valence-corrected chi connectivity index (χ2v) is 10.6. The summed E-state index contributed by atoms with van der Waals surface area (Å²) in [5.41, 5.74) is 0.996. The molecule has 1 saturated heterocycles. The van der Waals surface area contributed by atoms with E-state index < -0.39 is 45.6 Å². The van der Waals surface area contributed by atoms with Crippen LogP contribution < -0.4 is 9.77 Å². The number of nitrogens with zero attached hydrogens (tertiary/aromatic N) is 2. The van der Waals surface area contributed by atoms with E-state index in [1.807, 2.05) is 0 Å². The van der Waals surface area contributed by atoms with E-state index in [4.69, 9.17) is 16.3 Å². The van der Waals surface area contributed by atoms with E-state index in [1.54, 1.807) is 43.3 Å². The van der Waals surface area contributed by atoms with Crippen molar-refractivity contribution in [1.29, 1.82) is 0 Å². The molecule has 35 heavy (non-hydrogen) atoms. The van der Waals surface area contributed by atoms with Gasteiger partial charge in [-0.2, -0.15) is 0 Å². The van der Waals surface area contributed by atoms with Crippen molar-refractivity contribution in [2.45, 2.75) is 29.7 Å². The minimum Gasteiger partial charge on any atom is -0.465 e. The lowest BCUT2D eigenvalue weighted by atomic mass is 9.83. The standard InChI is InChI=1S/C24H18ClFN2O5S2/c1-2-33-16(29)11-27-23-20(35-24(27)32)17(12-3-7-14(26)8-4-12)18-19(34-23)22(31)28(21(18)30)15-9-5-13(25)6-10-15/h3-10,17-19H,2,11H2,1H3/t17-,18?,19?/m1/s1. The second kappa shape index (κ2) is 9.25. The normalized spacial score (nSPS) is 21.1. The van der Waals surface area contributed by atoms with E-state index in [-0.39, 0.29) is 13.2 Å². The molecule has 11 heteroatoms. The third-order valence-corrected chi connectivity index (χ3v) is 8.81. The number of thioether (sulfide) groups is 1. The van der Waals surface area contributed by atoms with Crippen LogP contribution in [0.4, 0.5) is 10.1 Å². The van der Waals surface area contributed by atoms with Crippen LogP contribution in [0.3, 0.4) is 0 Å². The van der Waals surface area contributed by atoms with Crippen LogP contribution in [0.5, 0.6) is 0 Å². The van der Waals surface area contributed by atoms with E-state index in [1.165, 1.54) is 16.7 Å². The van der Waals surface area contributed by atoms with Crippen LogP contribution >= 0.6 is 34.7 Å². The molecule has 0 bridgehead atoms. The van der Waals surface area contributed by atoms with Gasteiger partial charge < -0.3 is 4.74 Å². The molecule has 3 aromatic rings. The molecule has 5 rings (SSSR count). The van der Waals surface area contributed by atoms with Crippen LogP contribution in [0.25, 0.3) is 0 Å². The molecule has 3 atom stereocenters. The van der Waals surface area contributed by atoms with Gasteiger partial charge in [-0.25, -0.2) is 9.29 Å². The first-order valence-corrected chi connectivity index (χ1v) is 12.8. The summed E-state index contributed by atoms with van der Waals surface area (Å²) >= 11 is 8.00. The number of hydrogen-bond donors (Lipinski definition) is 0. The maximum absolute atomic E-state index is 13.7. The Kier molecular flexibility index (Phi) is 6.29. The van der Waals surface area contributed by atoms with Gasteiger partial charge >= 0.3 is 10.8 Å². The molecule has 2 aromatic carbocycles. The van der Waals surface area contributed by atoms with Gasteiger partial charge in [-0.05, 0) is 48.9 Å². The molecule has 180 valence electrons. The Morgan fingerprint density at radius 3 is 2.40 bits per heavy atom. The zero-order valence-electron chi connectivity index (χ0n) is 18.3. The Morgan fingerprint density at radius 1 is 1.06 bits per heavy atom. The highest BCUT2D eigenvalue weighted by Gasteiger charge is 2.56. The summed E-state index contributed by atoms with van der Waals surface area (Å²) in [6.45, 7) is 1.53. The number of ether oxygens (including phenoxy) is 1. The van der Waals surface area contributed by atoms with Crippen molar-refractivity contribution in [3.05, 3.63) is 79.5 Å². The summed E-state index contributed by atoms with van der Waals surface area (Å²) < 4.78 is 20.0. The summed E-state index contributed by atoms with van der Waals surface area (Å²) in [4.78, 5) is 53.6. The highest BCUT2D eigenvalue weighted by Crippen LogP contribution is 2.53. The summed E-state index contributed by atoms with van der Waals surface area (Å²) in [6.07, 6.45) is 0. The molecule has 2 aliphatic heterocycles. The number of amides is 2. The Balaban J connectivity index is 1.64. The van der Waals surface area contributed by atoms with Gasteiger partial charge in [0.05, 0.1) is 23.2 Å². The number of hydrogen-bond acceptors (Lipinski definition) is 7. The number of thiazole rings is 1. The monoisotopic (exact) mass is 532 g/mol. The molecule has 7 nitrogen and oxygen atoms in total. The molecule has 3 heterocycles. The fourth-order valence-electron chi connectivity index (χ4n) is 4.46. The topological polar surface area (TPSA) is 85.7 Å². The van der Waals surface area contributed by atoms with Gasteiger partial charge in [0.2, 0.25) is 11.8 Å². The predicted molar refractivity (Wildman–Crippen MR) is 131 cm³/mol. The van der Waals surface area contributed by atoms with Crippen LogP contribution in [-0.4, -0.2) is 34.2 Å². The highest BCUT2D eigenvalue weighted by atomic mass is 35.5. The maximum atomic E-state index is 13.7. The smallest absolute Gasteiger partial charge is 0.326 e. The number of benzene rings is 2. The van der Waals surface area contributed by atoms with E-state index in [2.05, 4.69) is 0 Å². The van der Waals surface area contributed by atoms with Gasteiger partial charge in [-0.1, -0.05) is 46.8 Å². The maximum Gasteiger partial charge on any atom is 0.326 e. The molecule has 0 aliphatic carbocycles.